The van der Waals surface area contributed by atoms with Gasteiger partial charge in [0, 0.05) is 53.1 Å². The standard InChI is InChI=1S/C42H25FN2S/c43-27-19-24-39-35(25-27)33-14-8-13-30(42(33)46-39)26-17-20-29(21-18-26)44-37-16-7-5-12-34(37)40-38(44)23-22-32-31-11-4-6-15-36(31)45(41(32)40)28-9-2-1-3-10-28/h1-25H. The predicted molar refractivity (Wildman–Crippen MR) is 193 cm³/mol. The van der Waals surface area contributed by atoms with E-state index in [0.29, 0.717) is 0 Å². The summed E-state index contributed by atoms with van der Waals surface area (Å²) in [5.74, 6) is -0.199. The molecule has 0 saturated carbocycles. The minimum Gasteiger partial charge on any atom is -0.309 e. The van der Waals surface area contributed by atoms with Crippen LogP contribution in [-0.4, -0.2) is 9.13 Å². The maximum Gasteiger partial charge on any atom is 0.123 e. The Morgan fingerprint density at radius 3 is 1.98 bits per heavy atom. The van der Waals surface area contributed by atoms with Gasteiger partial charge in [0.05, 0.1) is 22.1 Å². The number of hydrogen-bond donors (Lipinski definition) is 0. The molecule has 46 heavy (non-hydrogen) atoms. The van der Waals surface area contributed by atoms with Crippen molar-refractivity contribution < 1.29 is 4.39 Å². The van der Waals surface area contributed by atoms with E-state index < -0.39 is 0 Å². The molecule has 10 rings (SSSR count). The summed E-state index contributed by atoms with van der Waals surface area (Å²) in [4.78, 5) is 0. The Labute approximate surface area is 267 Å². The molecule has 3 heterocycles. The Kier molecular flexibility index (Phi) is 5.37. The lowest BCUT2D eigenvalue weighted by molar-refractivity contribution is 0.630. The maximum absolute atomic E-state index is 14.1. The Balaban J connectivity index is 1.22. The molecule has 216 valence electrons. The van der Waals surface area contributed by atoms with E-state index in [4.69, 9.17) is 0 Å². The fourth-order valence-corrected chi connectivity index (χ4v) is 8.64. The third-order valence-electron chi connectivity index (χ3n) is 9.38. The van der Waals surface area contributed by atoms with Crippen LogP contribution in [0.1, 0.15) is 0 Å². The van der Waals surface area contributed by atoms with E-state index >= 15 is 0 Å². The van der Waals surface area contributed by atoms with Crippen molar-refractivity contribution >= 4 is 75.1 Å². The molecule has 10 aromatic rings. The summed E-state index contributed by atoms with van der Waals surface area (Å²) in [6.07, 6.45) is 0. The van der Waals surface area contributed by atoms with E-state index in [1.54, 1.807) is 23.5 Å². The average Bonchev–Trinajstić information content (AvgIpc) is 3.76. The monoisotopic (exact) mass is 608 g/mol. The van der Waals surface area contributed by atoms with Crippen molar-refractivity contribution in [2.45, 2.75) is 0 Å². The minimum absolute atomic E-state index is 0.199. The highest BCUT2D eigenvalue weighted by Crippen LogP contribution is 2.43. The number of fused-ring (bicyclic) bond motifs is 10. The van der Waals surface area contributed by atoms with E-state index in [2.05, 4.69) is 143 Å². The van der Waals surface area contributed by atoms with Gasteiger partial charge in [0.2, 0.25) is 0 Å². The van der Waals surface area contributed by atoms with Crippen LogP contribution < -0.4 is 0 Å². The van der Waals surface area contributed by atoms with Gasteiger partial charge in [0.15, 0.2) is 0 Å². The molecule has 0 fully saturated rings. The number of hydrogen-bond acceptors (Lipinski definition) is 1. The van der Waals surface area contributed by atoms with Crippen molar-refractivity contribution in [2.75, 3.05) is 0 Å². The minimum atomic E-state index is -0.199. The Hall–Kier alpha value is -5.71. The molecule has 0 bridgehead atoms. The van der Waals surface area contributed by atoms with Crippen LogP contribution >= 0.6 is 11.3 Å². The molecule has 0 aliphatic rings. The number of nitrogens with zero attached hydrogens (tertiary/aromatic N) is 2. The number of benzene rings is 7. The summed E-state index contributed by atoms with van der Waals surface area (Å²) in [6.45, 7) is 0. The Morgan fingerprint density at radius 2 is 1.15 bits per heavy atom. The molecule has 0 atom stereocenters. The first-order chi connectivity index (χ1) is 22.7. The molecule has 0 aliphatic heterocycles. The third-order valence-corrected chi connectivity index (χ3v) is 10.6. The predicted octanol–water partition coefficient (Wildman–Crippen LogP) is 12.1. The molecule has 0 spiro atoms. The molecule has 0 N–H and O–H groups in total. The molecule has 7 aromatic carbocycles. The molecule has 4 heteroatoms. The highest BCUT2D eigenvalue weighted by atomic mass is 32.1. The third kappa shape index (κ3) is 3.56. The van der Waals surface area contributed by atoms with Crippen molar-refractivity contribution in [3.05, 3.63) is 157 Å². The fraction of sp³-hybridized carbons (Fsp3) is 0. The number of aromatic nitrogens is 2. The van der Waals surface area contributed by atoms with Crippen LogP contribution in [0.4, 0.5) is 4.39 Å². The van der Waals surface area contributed by atoms with Crippen molar-refractivity contribution in [3.63, 3.8) is 0 Å². The van der Waals surface area contributed by atoms with E-state index in [1.165, 1.54) is 53.9 Å². The van der Waals surface area contributed by atoms with Gasteiger partial charge in [-0.2, -0.15) is 0 Å². The highest BCUT2D eigenvalue weighted by molar-refractivity contribution is 7.26. The highest BCUT2D eigenvalue weighted by Gasteiger charge is 2.20. The average molecular weight is 609 g/mol. The first-order valence-corrected chi connectivity index (χ1v) is 16.3. The van der Waals surface area contributed by atoms with Gasteiger partial charge in [0.25, 0.3) is 0 Å². The smallest absolute Gasteiger partial charge is 0.123 e. The molecule has 0 unspecified atom stereocenters. The molecular weight excluding hydrogens is 584 g/mol. The normalized spacial score (nSPS) is 12.0. The summed E-state index contributed by atoms with van der Waals surface area (Å²) in [7, 11) is 0. The topological polar surface area (TPSA) is 9.86 Å². The molecular formula is C42H25FN2S. The SMILES string of the molecule is Fc1ccc2sc3c(-c4ccc(-n5c6ccccc6c6c5ccc5c7ccccc7n(-c7ccccc7)c56)cc4)cccc3c2c1. The number of para-hydroxylation sites is 3. The zero-order valence-electron chi connectivity index (χ0n) is 24.6. The van der Waals surface area contributed by atoms with Gasteiger partial charge in [-0.05, 0) is 71.8 Å². The maximum atomic E-state index is 14.1. The largest absolute Gasteiger partial charge is 0.309 e. The second kappa shape index (κ2) is 9.64. The number of halogens is 1. The Bertz CT molecular complexity index is 2800. The fourth-order valence-electron chi connectivity index (χ4n) is 7.42. The summed E-state index contributed by atoms with van der Waals surface area (Å²) < 4.78 is 21.2. The molecule has 0 amide bonds. The number of rotatable bonds is 3. The summed E-state index contributed by atoms with van der Waals surface area (Å²) >= 11 is 1.73. The van der Waals surface area contributed by atoms with Gasteiger partial charge < -0.3 is 9.13 Å². The summed E-state index contributed by atoms with van der Waals surface area (Å²) in [5, 5.41) is 7.06. The zero-order chi connectivity index (χ0) is 30.4. The van der Waals surface area contributed by atoms with Gasteiger partial charge in [-0.15, -0.1) is 11.3 Å². The molecule has 2 nitrogen and oxygen atoms in total. The van der Waals surface area contributed by atoms with Crippen LogP contribution in [0, 0.1) is 5.82 Å². The molecule has 0 saturated heterocycles. The summed E-state index contributed by atoms with van der Waals surface area (Å²) in [6, 6.07) is 53.0. The Morgan fingerprint density at radius 1 is 0.457 bits per heavy atom. The van der Waals surface area contributed by atoms with E-state index in [0.717, 1.165) is 32.4 Å². The molecule has 0 aliphatic carbocycles. The quantitative estimate of drug-likeness (QED) is 0.189. The van der Waals surface area contributed by atoms with Crippen LogP contribution in [0.2, 0.25) is 0 Å². The van der Waals surface area contributed by atoms with Crippen LogP contribution in [0.25, 0.3) is 86.3 Å². The molecule has 3 aromatic heterocycles. The van der Waals surface area contributed by atoms with Crippen molar-refractivity contribution in [3.8, 4) is 22.5 Å². The van der Waals surface area contributed by atoms with Gasteiger partial charge in [-0.1, -0.05) is 91.0 Å². The van der Waals surface area contributed by atoms with Crippen LogP contribution in [0.3, 0.4) is 0 Å². The first kappa shape index (κ1) is 25.6. The van der Waals surface area contributed by atoms with Gasteiger partial charge >= 0.3 is 0 Å². The second-order valence-corrected chi connectivity index (χ2v) is 12.9. The van der Waals surface area contributed by atoms with Crippen LogP contribution in [0.15, 0.2) is 152 Å². The van der Waals surface area contributed by atoms with Crippen molar-refractivity contribution in [1.82, 2.24) is 9.13 Å². The van der Waals surface area contributed by atoms with E-state index in [1.807, 2.05) is 6.07 Å². The van der Waals surface area contributed by atoms with Gasteiger partial charge in [-0.3, -0.25) is 0 Å². The van der Waals surface area contributed by atoms with Crippen molar-refractivity contribution in [2.24, 2.45) is 0 Å². The van der Waals surface area contributed by atoms with E-state index in [9.17, 15) is 4.39 Å². The van der Waals surface area contributed by atoms with E-state index in [-0.39, 0.29) is 5.82 Å². The second-order valence-electron chi connectivity index (χ2n) is 11.9. The first-order valence-electron chi connectivity index (χ1n) is 15.5. The van der Waals surface area contributed by atoms with Crippen molar-refractivity contribution in [1.29, 1.82) is 0 Å². The van der Waals surface area contributed by atoms with Crippen LogP contribution in [0.5, 0.6) is 0 Å². The zero-order valence-corrected chi connectivity index (χ0v) is 25.4. The summed E-state index contributed by atoms with van der Waals surface area (Å²) in [5.41, 5.74) is 9.37. The van der Waals surface area contributed by atoms with Crippen LogP contribution in [-0.2, 0) is 0 Å². The van der Waals surface area contributed by atoms with Gasteiger partial charge in [0.1, 0.15) is 5.82 Å². The number of thiophene rings is 1. The lowest BCUT2D eigenvalue weighted by atomic mass is 10.0. The lowest BCUT2D eigenvalue weighted by Crippen LogP contribution is -1.95. The lowest BCUT2D eigenvalue weighted by Gasteiger charge is -2.11. The molecule has 0 radical (unpaired) electrons. The van der Waals surface area contributed by atoms with Gasteiger partial charge in [-0.25, -0.2) is 4.39 Å².